The fourth-order valence-electron chi connectivity index (χ4n) is 14.1. The van der Waals surface area contributed by atoms with Gasteiger partial charge >= 0.3 is 0 Å². The summed E-state index contributed by atoms with van der Waals surface area (Å²) in [7, 11) is 1.73. The summed E-state index contributed by atoms with van der Waals surface area (Å²) >= 11 is 1.38. The summed E-state index contributed by atoms with van der Waals surface area (Å²) in [4.78, 5) is 94.1. The first-order valence-electron chi connectivity index (χ1n) is 31.1. The molecule has 6 aliphatic heterocycles. The molecule has 6 saturated heterocycles. The number of benzene rings is 2. The van der Waals surface area contributed by atoms with Gasteiger partial charge < -0.3 is 50.5 Å². The number of nitrogens with zero attached hydrogens (tertiary/aromatic N) is 9. The molecule has 7 aliphatic rings. The van der Waals surface area contributed by atoms with E-state index in [4.69, 9.17) is 9.72 Å². The Hall–Kier alpha value is -6.36. The van der Waals surface area contributed by atoms with Crippen molar-refractivity contribution in [1.82, 2.24) is 50.9 Å². The lowest BCUT2D eigenvalue weighted by Crippen LogP contribution is -2.66. The molecule has 0 bridgehead atoms. The van der Waals surface area contributed by atoms with Gasteiger partial charge in [0.15, 0.2) is 0 Å². The molecular weight excluding hydrogens is 1100 g/mol. The van der Waals surface area contributed by atoms with Gasteiger partial charge in [0.05, 0.1) is 36.4 Å². The minimum atomic E-state index is -0.597. The van der Waals surface area contributed by atoms with Crippen LogP contribution >= 0.6 is 11.3 Å². The normalized spacial score (nSPS) is 23.4. The Morgan fingerprint density at radius 3 is 2.32 bits per heavy atom. The van der Waals surface area contributed by atoms with Gasteiger partial charge in [0.1, 0.15) is 58.7 Å². The van der Waals surface area contributed by atoms with Crippen LogP contribution in [0.1, 0.15) is 130 Å². The van der Waals surface area contributed by atoms with E-state index in [1.165, 1.54) is 23.5 Å². The van der Waals surface area contributed by atoms with E-state index in [1.807, 2.05) is 4.90 Å². The van der Waals surface area contributed by atoms with Gasteiger partial charge in [-0.15, -0.1) is 11.3 Å². The second-order valence-corrected chi connectivity index (χ2v) is 26.8. The first kappa shape index (κ1) is 60.3. The Morgan fingerprint density at radius 2 is 1.58 bits per heavy atom. The molecule has 22 heteroatoms. The van der Waals surface area contributed by atoms with Crippen LogP contribution in [0, 0.1) is 34.8 Å². The molecule has 4 amide bonds. The fourth-order valence-corrected chi connectivity index (χ4v) is 15.0. The molecule has 4 N–H and O–H groups in total. The lowest BCUT2D eigenvalue weighted by atomic mass is 9.82. The zero-order valence-electron chi connectivity index (χ0n) is 49.9. The van der Waals surface area contributed by atoms with E-state index in [-0.39, 0.29) is 65.6 Å². The SMILES string of the molecule is CN[C@@H](C)C(=O)N[C@H](C(=O)N1CCC[C@H]1c1nc(C(=O)c2cccc(OCCNC(=O)CCN3C[C@@H]4CN(c5cc(N6CCC7(CC6)CN(c6cc(F)c(CN8CCC(C)(C)CC8)cc6F)CC(=O)N7)ncn5)C[C@@H]4C3)c2)cs1)C1CCCCC1. The quantitative estimate of drug-likeness (QED) is 0.0565. The molecule has 5 atom stereocenters. The number of ether oxygens (including phenoxy) is 1. The Morgan fingerprint density at radius 1 is 0.835 bits per heavy atom. The van der Waals surface area contributed by atoms with E-state index in [1.54, 1.807) is 54.8 Å². The molecule has 7 fully saturated rings. The molecule has 458 valence electrons. The van der Waals surface area contributed by atoms with Crippen molar-refractivity contribution in [2.75, 3.05) is 113 Å². The predicted molar refractivity (Wildman–Crippen MR) is 323 cm³/mol. The molecular formula is C63H85F2N13O6S. The van der Waals surface area contributed by atoms with Crippen LogP contribution in [0.3, 0.4) is 0 Å². The highest BCUT2D eigenvalue weighted by molar-refractivity contribution is 7.10. The van der Waals surface area contributed by atoms with Crippen LogP contribution in [-0.4, -0.2) is 175 Å². The molecule has 11 rings (SSSR count). The van der Waals surface area contributed by atoms with Gasteiger partial charge in [-0.25, -0.2) is 23.7 Å². The van der Waals surface area contributed by atoms with E-state index in [0.29, 0.717) is 104 Å². The highest BCUT2D eigenvalue weighted by atomic mass is 32.1. The molecule has 0 unspecified atom stereocenters. The molecule has 85 heavy (non-hydrogen) atoms. The Balaban J connectivity index is 0.595. The average Bonchev–Trinajstić information content (AvgIpc) is 2.99. The van der Waals surface area contributed by atoms with Crippen molar-refractivity contribution >= 4 is 58.1 Å². The number of hydrogen-bond donors (Lipinski definition) is 4. The van der Waals surface area contributed by atoms with Gasteiger partial charge in [-0.3, -0.25) is 28.9 Å². The molecule has 2 aromatic heterocycles. The van der Waals surface area contributed by atoms with Gasteiger partial charge in [0.2, 0.25) is 29.4 Å². The zero-order valence-corrected chi connectivity index (χ0v) is 50.7. The lowest BCUT2D eigenvalue weighted by molar-refractivity contribution is -0.139. The monoisotopic (exact) mass is 1190 g/mol. The molecule has 1 saturated carbocycles. The van der Waals surface area contributed by atoms with Crippen LogP contribution < -0.4 is 40.7 Å². The van der Waals surface area contributed by atoms with Crippen molar-refractivity contribution in [2.45, 2.75) is 128 Å². The lowest BCUT2D eigenvalue weighted by Gasteiger charge is -2.48. The topological polar surface area (TPSA) is 201 Å². The Bertz CT molecular complexity index is 3040. The number of piperidine rings is 2. The maximum atomic E-state index is 15.8. The van der Waals surface area contributed by atoms with Crippen LogP contribution in [0.15, 0.2) is 54.2 Å². The molecule has 2 aromatic carbocycles. The van der Waals surface area contributed by atoms with Gasteiger partial charge in [-0.05, 0) is 120 Å². The number of aromatic nitrogens is 3. The van der Waals surface area contributed by atoms with Crippen molar-refractivity contribution in [2.24, 2.45) is 23.2 Å². The molecule has 4 aromatic rings. The number of nitrogens with one attached hydrogen (secondary N) is 4. The summed E-state index contributed by atoms with van der Waals surface area (Å²) < 4.78 is 37.4. The number of likely N-dealkylation sites (tertiary alicyclic amines) is 3. The second-order valence-electron chi connectivity index (χ2n) is 25.9. The number of thiazole rings is 1. The largest absolute Gasteiger partial charge is 0.492 e. The molecule has 19 nitrogen and oxygen atoms in total. The van der Waals surface area contributed by atoms with Crippen molar-refractivity contribution in [3.05, 3.63) is 87.6 Å². The first-order valence-corrected chi connectivity index (χ1v) is 32.0. The van der Waals surface area contributed by atoms with Crippen LogP contribution in [-0.2, 0) is 25.7 Å². The number of fused-ring (bicyclic) bond motifs is 1. The molecule has 0 radical (unpaired) electrons. The van der Waals surface area contributed by atoms with E-state index >= 15 is 8.78 Å². The van der Waals surface area contributed by atoms with Crippen molar-refractivity contribution < 1.29 is 37.5 Å². The smallest absolute Gasteiger partial charge is 0.246 e. The number of ketones is 1. The summed E-state index contributed by atoms with van der Waals surface area (Å²) in [6.07, 6.45) is 11.9. The number of carbonyl (C=O) groups excluding carboxylic acids is 5. The van der Waals surface area contributed by atoms with Crippen molar-refractivity contribution in [3.63, 3.8) is 0 Å². The number of amides is 4. The van der Waals surface area contributed by atoms with Gasteiger partial charge in [0, 0.05) is 101 Å². The minimum Gasteiger partial charge on any atom is -0.492 e. The molecule has 1 aliphatic carbocycles. The number of halogens is 2. The van der Waals surface area contributed by atoms with Gasteiger partial charge in [-0.2, -0.15) is 0 Å². The molecule has 1 spiro atoms. The Kier molecular flexibility index (Phi) is 18.7. The predicted octanol–water partition coefficient (Wildman–Crippen LogP) is 6.33. The van der Waals surface area contributed by atoms with Gasteiger partial charge in [0.25, 0.3) is 0 Å². The minimum absolute atomic E-state index is 0.0284. The number of anilines is 3. The second kappa shape index (κ2) is 26.3. The number of carbonyl (C=O) groups is 5. The van der Waals surface area contributed by atoms with E-state index in [9.17, 15) is 24.0 Å². The van der Waals surface area contributed by atoms with Crippen molar-refractivity contribution in [3.8, 4) is 5.75 Å². The van der Waals surface area contributed by atoms with E-state index < -0.39 is 29.3 Å². The summed E-state index contributed by atoms with van der Waals surface area (Å²) in [5.41, 5.74) is 0.908. The van der Waals surface area contributed by atoms with Crippen LogP contribution in [0.2, 0.25) is 0 Å². The average molecular weight is 1190 g/mol. The third kappa shape index (κ3) is 14.2. The third-order valence-electron chi connectivity index (χ3n) is 19.4. The van der Waals surface area contributed by atoms with Crippen LogP contribution in [0.25, 0.3) is 0 Å². The zero-order chi connectivity index (χ0) is 59.4. The van der Waals surface area contributed by atoms with Crippen molar-refractivity contribution in [1.29, 1.82) is 0 Å². The third-order valence-corrected chi connectivity index (χ3v) is 20.3. The standard InChI is InChI=1S/C63H85F2N13O6S/c1-41(66-4)59(82)71-57(42-10-6-5-7-11-42)61(83)78-21-9-14-51(78)60-70-50(38-85-60)58(81)43-12-8-13-47(28-43)84-27-20-67-55(79)15-22-74-33-45-35-76(36-46(45)34-74)54-31-53(68-40-69-54)75-25-18-63(19-26-75)39-77(37-56(80)72-63)52-30-48(64)44(29-49(52)65)32-73-23-16-62(2,3)17-24-73/h8,12-13,28-31,38,40-42,45-46,51,57,66H,5-7,9-11,14-27,32-37,39H2,1-4H3,(H,67,79)(H,71,82)(H,72,80)/t41-,45-,46+,51-,57-/m0/s1. The number of likely N-dealkylation sites (N-methyl/N-ethyl adjacent to an activating group) is 1. The number of piperazine rings is 1. The van der Waals surface area contributed by atoms with Crippen LogP contribution in [0.4, 0.5) is 26.1 Å². The summed E-state index contributed by atoms with van der Waals surface area (Å²) in [6, 6.07) is 10.3. The highest BCUT2D eigenvalue weighted by Crippen LogP contribution is 2.39. The van der Waals surface area contributed by atoms with Gasteiger partial charge in [-0.1, -0.05) is 45.2 Å². The fraction of sp³-hybridized carbons (Fsp3) is 0.619. The van der Waals surface area contributed by atoms with Crippen LogP contribution in [0.5, 0.6) is 5.75 Å². The maximum absolute atomic E-state index is 15.8. The number of rotatable bonds is 20. The Labute approximate surface area is 502 Å². The first-order chi connectivity index (χ1) is 41.0. The number of hydrogen-bond acceptors (Lipinski definition) is 16. The summed E-state index contributed by atoms with van der Waals surface area (Å²) in [5, 5.41) is 14.8. The summed E-state index contributed by atoms with van der Waals surface area (Å²) in [5.74, 6) is 1.52. The van der Waals surface area contributed by atoms with E-state index in [0.717, 1.165) is 109 Å². The van der Waals surface area contributed by atoms with E-state index in [2.05, 4.69) is 70.7 Å². The summed E-state index contributed by atoms with van der Waals surface area (Å²) in [6.45, 7) is 15.3. The highest BCUT2D eigenvalue weighted by Gasteiger charge is 2.45. The maximum Gasteiger partial charge on any atom is 0.246 e. The molecule has 8 heterocycles.